The van der Waals surface area contributed by atoms with Crippen molar-refractivity contribution in [1.29, 1.82) is 0 Å². The van der Waals surface area contributed by atoms with Gasteiger partial charge in [0.05, 0.1) is 6.20 Å². The number of nitrogens with zero attached hydrogens (tertiary/aromatic N) is 3. The molecule has 0 saturated heterocycles. The molecule has 1 heterocycles. The van der Waals surface area contributed by atoms with Gasteiger partial charge in [-0.1, -0.05) is 24.1 Å². The number of rotatable bonds is 2. The smallest absolute Gasteiger partial charge is 0.322 e. The minimum Gasteiger partial charge on any atom is -0.594 e. The summed E-state index contributed by atoms with van der Waals surface area (Å²) in [5.41, 5.74) is 0.465. The van der Waals surface area contributed by atoms with Crippen LogP contribution >= 0.6 is 0 Å². The van der Waals surface area contributed by atoms with Crippen molar-refractivity contribution >= 4 is 11.7 Å². The lowest BCUT2D eigenvalue weighted by molar-refractivity contribution is -0.668. The van der Waals surface area contributed by atoms with Gasteiger partial charge < -0.3 is 15.4 Å². The molecule has 0 bridgehead atoms. The second-order valence-corrected chi connectivity index (χ2v) is 4.65. The van der Waals surface area contributed by atoms with Crippen LogP contribution in [0, 0.1) is 5.21 Å². The van der Waals surface area contributed by atoms with Crippen LogP contribution in [-0.4, -0.2) is 29.1 Å². The van der Waals surface area contributed by atoms with E-state index in [9.17, 15) is 10.0 Å². The highest BCUT2D eigenvalue weighted by atomic mass is 16.5. The molecule has 0 aliphatic heterocycles. The van der Waals surface area contributed by atoms with Gasteiger partial charge in [-0.15, -0.1) is 0 Å². The van der Waals surface area contributed by atoms with Gasteiger partial charge >= 0.3 is 6.03 Å². The Labute approximate surface area is 106 Å². The number of amides is 2. The minimum absolute atomic E-state index is 0.173. The summed E-state index contributed by atoms with van der Waals surface area (Å²) in [6.45, 7) is 0. The summed E-state index contributed by atoms with van der Waals surface area (Å²) in [6.07, 6.45) is 8.34. The molecule has 98 valence electrons. The Morgan fingerprint density at radius 1 is 1.50 bits per heavy atom. The van der Waals surface area contributed by atoms with Crippen molar-refractivity contribution in [3.05, 3.63) is 23.7 Å². The Morgan fingerprint density at radius 2 is 2.22 bits per heavy atom. The molecular weight excluding hydrogens is 232 g/mol. The number of hydrogen-bond acceptors (Lipinski definition) is 3. The first-order valence-corrected chi connectivity index (χ1v) is 6.26. The number of urea groups is 1. The zero-order valence-corrected chi connectivity index (χ0v) is 10.5. The predicted molar refractivity (Wildman–Crippen MR) is 66.9 cm³/mol. The van der Waals surface area contributed by atoms with Gasteiger partial charge in [0.2, 0.25) is 6.20 Å². The van der Waals surface area contributed by atoms with E-state index in [2.05, 4.69) is 10.4 Å². The third kappa shape index (κ3) is 3.09. The molecule has 1 aromatic heterocycles. The van der Waals surface area contributed by atoms with Crippen LogP contribution in [0.15, 0.2) is 18.5 Å². The topological polar surface area (TPSA) is 72.2 Å². The van der Waals surface area contributed by atoms with Gasteiger partial charge in [-0.05, 0) is 18.9 Å². The van der Waals surface area contributed by atoms with E-state index in [0.717, 1.165) is 12.8 Å². The molecule has 0 spiro atoms. The van der Waals surface area contributed by atoms with Crippen molar-refractivity contribution in [3.8, 4) is 0 Å². The lowest BCUT2D eigenvalue weighted by Crippen LogP contribution is -2.41. The highest BCUT2D eigenvalue weighted by Gasteiger charge is 2.22. The van der Waals surface area contributed by atoms with Crippen LogP contribution < -0.4 is 10.2 Å². The maximum atomic E-state index is 12.0. The molecule has 2 amide bonds. The Balaban J connectivity index is 1.94. The third-order valence-electron chi connectivity index (χ3n) is 3.38. The number of aromatic nitrogens is 2. The van der Waals surface area contributed by atoms with E-state index in [-0.39, 0.29) is 6.03 Å². The molecule has 1 aliphatic rings. The van der Waals surface area contributed by atoms with Crippen molar-refractivity contribution in [1.82, 2.24) is 10.00 Å². The molecule has 1 fully saturated rings. The zero-order chi connectivity index (χ0) is 13.0. The predicted octanol–water partition coefficient (Wildman–Crippen LogP) is 1.51. The standard InChI is InChI=1S/C12H18N4O2/c1-15(11-5-3-2-4-6-11)12(17)14-10-7-8-13-16(18)9-10/h7-9,11H,2-6H2,1H3,(H,14,17). The number of carbonyl (C=O) groups excluding carboxylic acids is 1. The number of anilines is 1. The van der Waals surface area contributed by atoms with Crippen LogP contribution in [0.2, 0.25) is 0 Å². The van der Waals surface area contributed by atoms with Crippen molar-refractivity contribution in [2.75, 3.05) is 12.4 Å². The number of nitrogens with one attached hydrogen (secondary N) is 1. The summed E-state index contributed by atoms with van der Waals surface area (Å²) in [7, 11) is 1.80. The van der Waals surface area contributed by atoms with Crippen molar-refractivity contribution < 1.29 is 9.64 Å². The monoisotopic (exact) mass is 250 g/mol. The second-order valence-electron chi connectivity index (χ2n) is 4.65. The summed E-state index contributed by atoms with van der Waals surface area (Å²) in [5, 5.41) is 17.2. The van der Waals surface area contributed by atoms with Crippen LogP contribution in [0.3, 0.4) is 0 Å². The molecule has 0 aromatic carbocycles. The number of carbonyl (C=O) groups is 1. The molecule has 6 heteroatoms. The maximum Gasteiger partial charge on any atom is 0.322 e. The third-order valence-corrected chi connectivity index (χ3v) is 3.38. The lowest BCUT2D eigenvalue weighted by Gasteiger charge is -2.31. The average Bonchev–Trinajstić information content (AvgIpc) is 2.39. The molecule has 2 rings (SSSR count). The first-order chi connectivity index (χ1) is 8.66. The summed E-state index contributed by atoms with van der Waals surface area (Å²) < 4.78 is 0. The van der Waals surface area contributed by atoms with Crippen LogP contribution in [-0.2, 0) is 0 Å². The fourth-order valence-corrected chi connectivity index (χ4v) is 2.29. The van der Waals surface area contributed by atoms with Gasteiger partial charge in [0, 0.05) is 18.2 Å². The van der Waals surface area contributed by atoms with Crippen LogP contribution in [0.25, 0.3) is 0 Å². The fourth-order valence-electron chi connectivity index (χ4n) is 2.29. The fraction of sp³-hybridized carbons (Fsp3) is 0.583. The Morgan fingerprint density at radius 3 is 2.89 bits per heavy atom. The van der Waals surface area contributed by atoms with Crippen molar-refractivity contribution in [2.24, 2.45) is 0 Å². The van der Waals surface area contributed by atoms with E-state index in [4.69, 9.17) is 0 Å². The van der Waals surface area contributed by atoms with Gasteiger partial charge in [0.1, 0.15) is 5.69 Å². The highest BCUT2D eigenvalue weighted by Crippen LogP contribution is 2.22. The SMILES string of the molecule is CN(C(=O)Nc1ccn[n+]([O-])c1)C1CCCCC1. The van der Waals surface area contributed by atoms with E-state index in [1.807, 2.05) is 0 Å². The van der Waals surface area contributed by atoms with E-state index in [1.165, 1.54) is 31.7 Å². The van der Waals surface area contributed by atoms with Gasteiger partial charge in [0.25, 0.3) is 0 Å². The van der Waals surface area contributed by atoms with Gasteiger partial charge in [-0.25, -0.2) is 4.79 Å². The van der Waals surface area contributed by atoms with E-state index >= 15 is 0 Å². The molecule has 1 aromatic rings. The van der Waals surface area contributed by atoms with Crippen LogP contribution in [0.4, 0.5) is 10.5 Å². The average molecular weight is 250 g/mol. The minimum atomic E-state index is -0.173. The molecule has 1 saturated carbocycles. The molecule has 1 aliphatic carbocycles. The quantitative estimate of drug-likeness (QED) is 0.638. The van der Waals surface area contributed by atoms with E-state index in [0.29, 0.717) is 16.6 Å². The highest BCUT2D eigenvalue weighted by molar-refractivity contribution is 5.88. The summed E-state index contributed by atoms with van der Waals surface area (Å²) >= 11 is 0. The molecule has 1 N–H and O–H groups in total. The molecule has 18 heavy (non-hydrogen) atoms. The number of hydrogen-bond donors (Lipinski definition) is 1. The van der Waals surface area contributed by atoms with Crippen LogP contribution in [0.5, 0.6) is 0 Å². The molecule has 0 unspecified atom stereocenters. The Kier molecular flexibility index (Phi) is 3.96. The van der Waals surface area contributed by atoms with Gasteiger partial charge in [0.15, 0.2) is 0 Å². The van der Waals surface area contributed by atoms with Crippen molar-refractivity contribution in [2.45, 2.75) is 38.1 Å². The summed E-state index contributed by atoms with van der Waals surface area (Å²) in [4.78, 5) is 14.2. The first kappa shape index (κ1) is 12.6. The van der Waals surface area contributed by atoms with E-state index in [1.54, 1.807) is 18.0 Å². The van der Waals surface area contributed by atoms with Crippen LogP contribution in [0.1, 0.15) is 32.1 Å². The van der Waals surface area contributed by atoms with E-state index < -0.39 is 0 Å². The summed E-state index contributed by atoms with van der Waals surface area (Å²) in [6, 6.07) is 1.73. The van der Waals surface area contributed by atoms with Gasteiger partial charge in [-0.3, -0.25) is 0 Å². The Bertz CT molecular complexity index is 418. The molecule has 0 atom stereocenters. The van der Waals surface area contributed by atoms with Gasteiger partial charge in [-0.2, -0.15) is 0 Å². The second kappa shape index (κ2) is 5.66. The molecule has 0 radical (unpaired) electrons. The largest absolute Gasteiger partial charge is 0.594 e. The molecular formula is C12H18N4O2. The van der Waals surface area contributed by atoms with Crippen molar-refractivity contribution in [3.63, 3.8) is 0 Å². The normalized spacial score (nSPS) is 16.3. The molecule has 6 nitrogen and oxygen atoms in total. The summed E-state index contributed by atoms with van der Waals surface area (Å²) in [5.74, 6) is 0. The maximum absolute atomic E-state index is 12.0. The lowest BCUT2D eigenvalue weighted by atomic mass is 9.95. The zero-order valence-electron chi connectivity index (χ0n) is 10.5. The first-order valence-electron chi connectivity index (χ1n) is 6.26. The Hall–Kier alpha value is -1.85.